The van der Waals surface area contributed by atoms with E-state index in [-0.39, 0.29) is 17.0 Å². The predicted molar refractivity (Wildman–Crippen MR) is 101 cm³/mol. The maximum Gasteiger partial charge on any atom is 0.417 e. The van der Waals surface area contributed by atoms with E-state index in [0.29, 0.717) is 18.7 Å². The molecule has 2 aromatic carbocycles. The van der Waals surface area contributed by atoms with Gasteiger partial charge in [0.15, 0.2) is 0 Å². The lowest BCUT2D eigenvalue weighted by atomic mass is 10.1. The van der Waals surface area contributed by atoms with E-state index < -0.39 is 32.7 Å². The van der Waals surface area contributed by atoms with E-state index in [9.17, 15) is 26.4 Å². The summed E-state index contributed by atoms with van der Waals surface area (Å²) in [4.78, 5) is 12.3. The number of nitrogens with one attached hydrogen (secondary N) is 1. The van der Waals surface area contributed by atoms with Gasteiger partial charge in [0.25, 0.3) is 5.91 Å². The fourth-order valence-electron chi connectivity index (χ4n) is 2.88. The molecule has 0 atom stereocenters. The first-order chi connectivity index (χ1) is 13.1. The van der Waals surface area contributed by atoms with Crippen molar-refractivity contribution in [2.45, 2.75) is 19.0 Å². The van der Waals surface area contributed by atoms with Crippen LogP contribution in [0.2, 0.25) is 5.02 Å². The Balaban J connectivity index is 1.77. The van der Waals surface area contributed by atoms with Gasteiger partial charge < -0.3 is 5.32 Å². The number of carbonyl (C=O) groups is 1. The minimum Gasteiger partial charge on any atom is -0.322 e. The molecule has 0 bridgehead atoms. The molecule has 5 nitrogen and oxygen atoms in total. The van der Waals surface area contributed by atoms with Crippen molar-refractivity contribution in [2.24, 2.45) is 0 Å². The molecule has 1 fully saturated rings. The summed E-state index contributed by atoms with van der Waals surface area (Å²) in [5.41, 5.74) is -0.467. The van der Waals surface area contributed by atoms with Gasteiger partial charge in [-0.25, -0.2) is 8.42 Å². The summed E-state index contributed by atoms with van der Waals surface area (Å²) in [6.45, 7) is 0.374. The topological polar surface area (TPSA) is 66.5 Å². The lowest BCUT2D eigenvalue weighted by molar-refractivity contribution is -0.137. The number of halogens is 4. The van der Waals surface area contributed by atoms with Crippen molar-refractivity contribution < 1.29 is 26.4 Å². The molecule has 1 aliphatic heterocycles. The average Bonchev–Trinajstić information content (AvgIpc) is 2.62. The van der Waals surface area contributed by atoms with E-state index in [1.807, 2.05) is 0 Å². The molecule has 0 spiro atoms. The highest BCUT2D eigenvalue weighted by molar-refractivity contribution is 7.92. The highest BCUT2D eigenvalue weighted by atomic mass is 35.5. The summed E-state index contributed by atoms with van der Waals surface area (Å²) in [6, 6.07) is 8.94. The van der Waals surface area contributed by atoms with Crippen LogP contribution in [0.3, 0.4) is 0 Å². The molecule has 1 saturated heterocycles. The standard InChI is InChI=1S/C18H16ClF3N2O3S/c19-16-8-5-13(11-15(16)18(20,21)22)23-17(25)12-3-6-14(7-4-12)24-9-1-2-10-28(24,26)27/h3-8,11H,1-2,9-10H2,(H,23,25). The molecule has 1 aliphatic rings. The Labute approximate surface area is 165 Å². The Bertz CT molecular complexity index is 992. The van der Waals surface area contributed by atoms with Gasteiger partial charge in [-0.05, 0) is 55.3 Å². The number of anilines is 2. The summed E-state index contributed by atoms with van der Waals surface area (Å²) >= 11 is 5.56. The zero-order chi connectivity index (χ0) is 20.5. The van der Waals surface area contributed by atoms with Crippen molar-refractivity contribution in [1.82, 2.24) is 0 Å². The van der Waals surface area contributed by atoms with Gasteiger partial charge in [0, 0.05) is 17.8 Å². The van der Waals surface area contributed by atoms with E-state index >= 15 is 0 Å². The van der Waals surface area contributed by atoms with E-state index in [2.05, 4.69) is 5.32 Å². The highest BCUT2D eigenvalue weighted by Gasteiger charge is 2.33. The van der Waals surface area contributed by atoms with Crippen LogP contribution in [0.25, 0.3) is 0 Å². The van der Waals surface area contributed by atoms with Crippen LogP contribution in [0.4, 0.5) is 24.5 Å². The van der Waals surface area contributed by atoms with Crippen molar-refractivity contribution in [3.05, 3.63) is 58.6 Å². The normalized spacial score (nSPS) is 16.6. The maximum absolute atomic E-state index is 12.9. The van der Waals surface area contributed by atoms with Crippen LogP contribution >= 0.6 is 11.6 Å². The fourth-order valence-corrected chi connectivity index (χ4v) is 4.75. The van der Waals surface area contributed by atoms with Gasteiger partial charge >= 0.3 is 6.18 Å². The number of amides is 1. The summed E-state index contributed by atoms with van der Waals surface area (Å²) in [5, 5.41) is 1.92. The molecule has 3 rings (SSSR count). The van der Waals surface area contributed by atoms with Crippen LogP contribution in [0.1, 0.15) is 28.8 Å². The van der Waals surface area contributed by atoms with Crippen LogP contribution in [-0.2, 0) is 16.2 Å². The molecule has 0 aromatic heterocycles. The summed E-state index contributed by atoms with van der Waals surface area (Å²) < 4.78 is 64.3. The van der Waals surface area contributed by atoms with E-state index in [0.717, 1.165) is 18.6 Å². The molecule has 0 radical (unpaired) electrons. The summed E-state index contributed by atoms with van der Waals surface area (Å²) in [5.74, 6) is -0.545. The summed E-state index contributed by atoms with van der Waals surface area (Å²) in [7, 11) is -3.37. The van der Waals surface area contributed by atoms with Crippen molar-refractivity contribution in [1.29, 1.82) is 0 Å². The van der Waals surface area contributed by atoms with Crippen molar-refractivity contribution in [3.8, 4) is 0 Å². The number of hydrogen-bond donors (Lipinski definition) is 1. The third-order valence-electron chi connectivity index (χ3n) is 4.30. The van der Waals surface area contributed by atoms with Crippen LogP contribution in [-0.4, -0.2) is 26.6 Å². The molecule has 0 saturated carbocycles. The van der Waals surface area contributed by atoms with Gasteiger partial charge in [0.05, 0.1) is 22.0 Å². The number of nitrogens with zero attached hydrogens (tertiary/aromatic N) is 1. The first-order valence-corrected chi connectivity index (χ1v) is 10.4. The first-order valence-electron chi connectivity index (χ1n) is 8.36. The second-order valence-corrected chi connectivity index (χ2v) is 8.71. The number of rotatable bonds is 3. The zero-order valence-corrected chi connectivity index (χ0v) is 16.0. The van der Waals surface area contributed by atoms with Crippen molar-refractivity contribution in [3.63, 3.8) is 0 Å². The number of benzene rings is 2. The highest BCUT2D eigenvalue weighted by Crippen LogP contribution is 2.36. The molecular weight excluding hydrogens is 417 g/mol. The number of sulfonamides is 1. The number of hydrogen-bond acceptors (Lipinski definition) is 3. The Morgan fingerprint density at radius 3 is 2.36 bits per heavy atom. The minimum atomic E-state index is -4.64. The first kappa shape index (κ1) is 20.5. The quantitative estimate of drug-likeness (QED) is 0.774. The molecule has 2 aromatic rings. The average molecular weight is 433 g/mol. The van der Waals surface area contributed by atoms with Crippen LogP contribution < -0.4 is 9.62 Å². The molecule has 10 heteroatoms. The largest absolute Gasteiger partial charge is 0.417 e. The van der Waals surface area contributed by atoms with Gasteiger partial charge in [-0.3, -0.25) is 9.10 Å². The molecule has 150 valence electrons. The van der Waals surface area contributed by atoms with Gasteiger partial charge in [0.1, 0.15) is 0 Å². The van der Waals surface area contributed by atoms with Crippen LogP contribution in [0.5, 0.6) is 0 Å². The Morgan fingerprint density at radius 2 is 1.75 bits per heavy atom. The Hall–Kier alpha value is -2.26. The second-order valence-electron chi connectivity index (χ2n) is 6.29. The molecular formula is C18H16ClF3N2O3S. The smallest absolute Gasteiger partial charge is 0.322 e. The molecule has 0 unspecified atom stereocenters. The summed E-state index contributed by atoms with van der Waals surface area (Å²) in [6.07, 6.45) is -3.28. The molecule has 0 aliphatic carbocycles. The van der Waals surface area contributed by atoms with E-state index in [1.165, 1.54) is 34.6 Å². The number of carbonyl (C=O) groups excluding carboxylic acids is 1. The van der Waals surface area contributed by atoms with Crippen molar-refractivity contribution >= 4 is 38.9 Å². The van der Waals surface area contributed by atoms with E-state index in [1.54, 1.807) is 0 Å². The lowest BCUT2D eigenvalue weighted by Crippen LogP contribution is -2.37. The zero-order valence-electron chi connectivity index (χ0n) is 14.5. The third-order valence-corrected chi connectivity index (χ3v) is 6.50. The van der Waals surface area contributed by atoms with Gasteiger partial charge in [-0.1, -0.05) is 11.6 Å². The SMILES string of the molecule is O=C(Nc1ccc(Cl)c(C(F)(F)F)c1)c1ccc(N2CCCCS2(=O)=O)cc1. The molecule has 1 N–H and O–H groups in total. The van der Waals surface area contributed by atoms with Gasteiger partial charge in [0.2, 0.25) is 10.0 Å². The lowest BCUT2D eigenvalue weighted by Gasteiger charge is -2.28. The number of alkyl halides is 3. The molecule has 1 amide bonds. The monoisotopic (exact) mass is 432 g/mol. The molecule has 1 heterocycles. The van der Waals surface area contributed by atoms with Gasteiger partial charge in [-0.15, -0.1) is 0 Å². The Kier molecular flexibility index (Phi) is 5.58. The molecule has 28 heavy (non-hydrogen) atoms. The van der Waals surface area contributed by atoms with Crippen LogP contribution in [0, 0.1) is 0 Å². The van der Waals surface area contributed by atoms with Crippen molar-refractivity contribution in [2.75, 3.05) is 21.9 Å². The minimum absolute atomic E-state index is 0.0515. The van der Waals surface area contributed by atoms with E-state index in [4.69, 9.17) is 11.6 Å². The Morgan fingerprint density at radius 1 is 1.07 bits per heavy atom. The van der Waals surface area contributed by atoms with Crippen LogP contribution in [0.15, 0.2) is 42.5 Å². The van der Waals surface area contributed by atoms with Gasteiger partial charge in [-0.2, -0.15) is 13.2 Å². The maximum atomic E-state index is 12.9. The fraction of sp³-hybridized carbons (Fsp3) is 0.278. The predicted octanol–water partition coefficient (Wildman–Crippen LogP) is 4.54. The third kappa shape index (κ3) is 4.41. The second kappa shape index (κ2) is 7.63.